The zero-order valence-corrected chi connectivity index (χ0v) is 28.3. The number of methoxy groups -OCH3 is 1. The number of anilines is 1. The van der Waals surface area contributed by atoms with Gasteiger partial charge in [0, 0.05) is 43.9 Å². The first kappa shape index (κ1) is 34.0. The largest absolute Gasteiger partial charge is 0.497 e. The summed E-state index contributed by atoms with van der Waals surface area (Å²) in [5.41, 5.74) is 4.73. The highest BCUT2D eigenvalue weighted by Gasteiger charge is 2.27. The second-order valence-corrected chi connectivity index (χ2v) is 13.0. The molecule has 0 unspecified atom stereocenters. The molecule has 0 saturated heterocycles. The highest BCUT2D eigenvalue weighted by molar-refractivity contribution is 5.97. The maximum atomic E-state index is 14.5. The summed E-state index contributed by atoms with van der Waals surface area (Å²) >= 11 is 0. The molecule has 1 aromatic heterocycles. The van der Waals surface area contributed by atoms with E-state index in [1.165, 1.54) is 0 Å². The summed E-state index contributed by atoms with van der Waals surface area (Å²) in [7, 11) is 3.72. The van der Waals surface area contributed by atoms with E-state index in [1.54, 1.807) is 7.11 Å². The summed E-state index contributed by atoms with van der Waals surface area (Å²) in [6, 6.07) is 17.5. The van der Waals surface area contributed by atoms with Gasteiger partial charge in [0.05, 0.1) is 30.2 Å². The average Bonchev–Trinajstić information content (AvgIpc) is 3.03. The molecule has 0 bridgehead atoms. The van der Waals surface area contributed by atoms with Crippen LogP contribution in [0.4, 0.5) is 5.69 Å². The number of carbonyl (C=O) groups is 2. The number of ether oxygens (including phenoxy) is 2. The molecule has 0 fully saturated rings. The molecular formula is C37H50N4O4. The minimum atomic E-state index is -0.0652. The van der Waals surface area contributed by atoms with Gasteiger partial charge in [0.1, 0.15) is 11.5 Å². The first-order valence-corrected chi connectivity index (χ1v) is 16.2. The monoisotopic (exact) mass is 614 g/mol. The third kappa shape index (κ3) is 8.63. The number of likely N-dealkylation sites (N-methyl/N-ethyl adjacent to an activating group) is 1. The lowest BCUT2D eigenvalue weighted by atomic mass is 9.99. The molecule has 0 saturated carbocycles. The summed E-state index contributed by atoms with van der Waals surface area (Å²) < 4.78 is 11.6. The average molecular weight is 615 g/mol. The molecule has 0 spiro atoms. The van der Waals surface area contributed by atoms with Crippen LogP contribution in [0.1, 0.15) is 81.9 Å². The molecule has 45 heavy (non-hydrogen) atoms. The van der Waals surface area contributed by atoms with Gasteiger partial charge < -0.3 is 24.2 Å². The van der Waals surface area contributed by atoms with Crippen LogP contribution >= 0.6 is 0 Å². The maximum Gasteiger partial charge on any atom is 0.256 e. The molecule has 4 rings (SSSR count). The van der Waals surface area contributed by atoms with Gasteiger partial charge in [0.15, 0.2) is 0 Å². The number of carbonyl (C=O) groups excluding carboxylic acids is 2. The minimum absolute atomic E-state index is 0.00650. The predicted octanol–water partition coefficient (Wildman–Crippen LogP) is 7.02. The second kappa shape index (κ2) is 15.4. The number of rotatable bonds is 8. The Morgan fingerprint density at radius 1 is 0.911 bits per heavy atom. The van der Waals surface area contributed by atoms with E-state index < -0.39 is 0 Å². The van der Waals surface area contributed by atoms with Crippen LogP contribution in [0.15, 0.2) is 54.6 Å². The fourth-order valence-electron chi connectivity index (χ4n) is 5.72. The molecule has 2 amide bonds. The van der Waals surface area contributed by atoms with Crippen LogP contribution in [0.25, 0.3) is 11.3 Å². The molecule has 8 nitrogen and oxygen atoms in total. The molecule has 0 aliphatic carbocycles. The van der Waals surface area contributed by atoms with Crippen molar-refractivity contribution in [1.82, 2.24) is 14.8 Å². The number of hydrogen-bond acceptors (Lipinski definition) is 6. The highest BCUT2D eigenvalue weighted by atomic mass is 16.5. The van der Waals surface area contributed by atoms with Crippen molar-refractivity contribution in [2.24, 2.45) is 5.92 Å². The van der Waals surface area contributed by atoms with Gasteiger partial charge in [0.2, 0.25) is 5.91 Å². The molecular weight excluding hydrogens is 564 g/mol. The molecule has 1 aliphatic rings. The predicted molar refractivity (Wildman–Crippen MR) is 181 cm³/mol. The number of pyridine rings is 1. The molecule has 1 aliphatic heterocycles. The van der Waals surface area contributed by atoms with Gasteiger partial charge in [0.25, 0.3) is 5.91 Å². The first-order chi connectivity index (χ1) is 21.5. The van der Waals surface area contributed by atoms with Crippen molar-refractivity contribution in [1.29, 1.82) is 0 Å². The Labute approximate surface area is 269 Å². The summed E-state index contributed by atoms with van der Waals surface area (Å²) in [5, 5.41) is 0. The van der Waals surface area contributed by atoms with E-state index in [0.29, 0.717) is 37.4 Å². The molecule has 0 radical (unpaired) electrons. The number of benzene rings is 2. The topological polar surface area (TPSA) is 75.2 Å². The number of fused-ring (bicyclic) bond motifs is 1. The zero-order chi connectivity index (χ0) is 32.7. The third-order valence-corrected chi connectivity index (χ3v) is 8.02. The van der Waals surface area contributed by atoms with Crippen LogP contribution in [-0.2, 0) is 11.3 Å². The number of hydrogen-bond donors (Lipinski definition) is 0. The van der Waals surface area contributed by atoms with Crippen LogP contribution < -0.4 is 14.4 Å². The summed E-state index contributed by atoms with van der Waals surface area (Å²) in [6.45, 7) is 15.4. The quantitative estimate of drug-likeness (QED) is 0.271. The van der Waals surface area contributed by atoms with E-state index in [0.717, 1.165) is 53.5 Å². The molecule has 8 heteroatoms. The van der Waals surface area contributed by atoms with Crippen molar-refractivity contribution in [2.75, 3.05) is 45.2 Å². The SMILES string of the molecule is COc1ccc(OC(C)C)c(-c2ccc(C(=O)N3CCN(C)CCCN(C(=O)CC(C)C)c4ccccc4C3)c(C(C)C)n2)c1. The van der Waals surface area contributed by atoms with Gasteiger partial charge >= 0.3 is 0 Å². The van der Waals surface area contributed by atoms with Crippen LogP contribution in [0.2, 0.25) is 0 Å². The van der Waals surface area contributed by atoms with Gasteiger partial charge in [-0.3, -0.25) is 14.6 Å². The number of amides is 2. The fraction of sp³-hybridized carbons (Fsp3) is 0.486. The molecule has 3 aromatic rings. The van der Waals surface area contributed by atoms with Crippen LogP contribution in [0.3, 0.4) is 0 Å². The first-order valence-electron chi connectivity index (χ1n) is 16.2. The minimum Gasteiger partial charge on any atom is -0.497 e. The van der Waals surface area contributed by atoms with E-state index in [1.807, 2.05) is 78.2 Å². The number of aromatic nitrogens is 1. The Balaban J connectivity index is 1.75. The zero-order valence-electron chi connectivity index (χ0n) is 28.3. The van der Waals surface area contributed by atoms with E-state index >= 15 is 0 Å². The van der Waals surface area contributed by atoms with Crippen molar-refractivity contribution >= 4 is 17.5 Å². The normalized spacial score (nSPS) is 14.8. The van der Waals surface area contributed by atoms with Gasteiger partial charge in [-0.25, -0.2) is 0 Å². The molecule has 242 valence electrons. The Hall–Kier alpha value is -3.91. The second-order valence-electron chi connectivity index (χ2n) is 13.0. The van der Waals surface area contributed by atoms with E-state index in [9.17, 15) is 9.59 Å². The summed E-state index contributed by atoms with van der Waals surface area (Å²) in [5.74, 6) is 1.75. The Kier molecular flexibility index (Phi) is 11.6. The van der Waals surface area contributed by atoms with E-state index in [4.69, 9.17) is 14.5 Å². The molecule has 0 N–H and O–H groups in total. The van der Waals surface area contributed by atoms with E-state index in [2.05, 4.69) is 39.6 Å². The Morgan fingerprint density at radius 3 is 2.36 bits per heavy atom. The van der Waals surface area contributed by atoms with Gasteiger partial charge in [-0.15, -0.1) is 0 Å². The van der Waals surface area contributed by atoms with Crippen molar-refractivity contribution < 1.29 is 19.1 Å². The van der Waals surface area contributed by atoms with Gasteiger partial charge in [-0.2, -0.15) is 0 Å². The number of para-hydroxylation sites is 1. The summed E-state index contributed by atoms with van der Waals surface area (Å²) in [4.78, 5) is 39.0. The smallest absolute Gasteiger partial charge is 0.256 e. The lowest BCUT2D eigenvalue weighted by Gasteiger charge is -2.29. The molecule has 2 heterocycles. The Bertz CT molecular complexity index is 1470. The molecule has 0 atom stereocenters. The summed E-state index contributed by atoms with van der Waals surface area (Å²) in [6.07, 6.45) is 1.34. The van der Waals surface area contributed by atoms with Crippen molar-refractivity contribution in [3.63, 3.8) is 0 Å². The van der Waals surface area contributed by atoms with Crippen LogP contribution in [0.5, 0.6) is 11.5 Å². The van der Waals surface area contributed by atoms with Crippen molar-refractivity contribution in [3.05, 3.63) is 71.4 Å². The van der Waals surface area contributed by atoms with Crippen LogP contribution in [-0.4, -0.2) is 73.0 Å². The molecule has 2 aromatic carbocycles. The lowest BCUT2D eigenvalue weighted by Crippen LogP contribution is -2.38. The Morgan fingerprint density at radius 2 is 1.67 bits per heavy atom. The standard InChI is InChI=1S/C37H50N4O4/c1-25(2)22-35(42)41-19-11-18-39(7)20-21-40(24-28-12-9-10-13-33(28)41)37(43)30-15-16-32(38-36(30)26(3)4)31-23-29(44-8)14-17-34(31)45-27(5)6/h9-10,12-17,23,25-27H,11,18-22,24H2,1-8H3. The highest BCUT2D eigenvalue weighted by Crippen LogP contribution is 2.35. The van der Waals surface area contributed by atoms with Gasteiger partial charge in [-0.05, 0) is 87.7 Å². The van der Waals surface area contributed by atoms with Crippen molar-refractivity contribution in [3.8, 4) is 22.8 Å². The van der Waals surface area contributed by atoms with Gasteiger partial charge in [-0.1, -0.05) is 45.9 Å². The number of nitrogens with zero attached hydrogens (tertiary/aromatic N) is 4. The van der Waals surface area contributed by atoms with E-state index in [-0.39, 0.29) is 29.8 Å². The third-order valence-electron chi connectivity index (χ3n) is 8.02. The van der Waals surface area contributed by atoms with Crippen LogP contribution in [0, 0.1) is 5.92 Å². The lowest BCUT2D eigenvalue weighted by molar-refractivity contribution is -0.119. The van der Waals surface area contributed by atoms with Crippen molar-refractivity contribution in [2.45, 2.75) is 73.0 Å². The fourth-order valence-corrected chi connectivity index (χ4v) is 5.72. The maximum absolute atomic E-state index is 14.5.